The van der Waals surface area contributed by atoms with Gasteiger partial charge in [0.2, 0.25) is 10.0 Å². The number of nitrogens with zero attached hydrogens (tertiary/aromatic N) is 1. The summed E-state index contributed by atoms with van der Waals surface area (Å²) in [5.74, 6) is 1.24. The Hall–Kier alpha value is -2.09. The van der Waals surface area contributed by atoms with Crippen LogP contribution >= 0.6 is 0 Å². The van der Waals surface area contributed by atoms with Gasteiger partial charge in [0.1, 0.15) is 0 Å². The van der Waals surface area contributed by atoms with Crippen LogP contribution in [0.25, 0.3) is 0 Å². The second kappa shape index (κ2) is 8.53. The number of sulfonamides is 1. The van der Waals surface area contributed by atoms with Crippen molar-refractivity contribution in [2.24, 2.45) is 0 Å². The van der Waals surface area contributed by atoms with Crippen molar-refractivity contribution in [2.75, 3.05) is 34.9 Å². The zero-order valence-electron chi connectivity index (χ0n) is 15.8. The fourth-order valence-corrected chi connectivity index (χ4v) is 3.86. The summed E-state index contributed by atoms with van der Waals surface area (Å²) in [5.41, 5.74) is 1.83. The van der Waals surface area contributed by atoms with E-state index in [1.54, 1.807) is 32.4 Å². The molecular weight excluding hydrogens is 352 g/mol. The molecule has 142 valence electrons. The average molecular weight is 378 g/mol. The summed E-state index contributed by atoms with van der Waals surface area (Å²) >= 11 is 0. The third-order valence-corrected chi connectivity index (χ3v) is 5.60. The SMILES string of the molecule is COc1ccc(C(CNS(=O)(=O)c2cccc(C)c2)N(C)C)cc1OC. The molecule has 26 heavy (non-hydrogen) atoms. The van der Waals surface area contributed by atoms with E-state index in [4.69, 9.17) is 9.47 Å². The van der Waals surface area contributed by atoms with E-state index in [-0.39, 0.29) is 17.5 Å². The molecule has 1 unspecified atom stereocenters. The minimum atomic E-state index is -3.58. The Balaban J connectivity index is 2.24. The average Bonchev–Trinajstić information content (AvgIpc) is 2.61. The second-order valence-corrected chi connectivity index (χ2v) is 8.03. The molecule has 0 radical (unpaired) electrons. The highest BCUT2D eigenvalue weighted by atomic mass is 32.2. The Morgan fingerprint density at radius 3 is 2.31 bits per heavy atom. The van der Waals surface area contributed by atoms with Crippen molar-refractivity contribution in [1.29, 1.82) is 0 Å². The van der Waals surface area contributed by atoms with Crippen molar-refractivity contribution in [1.82, 2.24) is 9.62 Å². The van der Waals surface area contributed by atoms with Crippen LogP contribution in [0.4, 0.5) is 0 Å². The van der Waals surface area contributed by atoms with E-state index in [2.05, 4.69) is 4.72 Å². The summed E-state index contributed by atoms with van der Waals surface area (Å²) in [6, 6.07) is 12.3. The molecule has 0 amide bonds. The number of rotatable bonds is 8. The van der Waals surface area contributed by atoms with Gasteiger partial charge in [-0.05, 0) is 56.4 Å². The standard InChI is InChI=1S/C19H26N2O4S/c1-14-7-6-8-16(11-14)26(22,23)20-13-17(21(2)3)15-9-10-18(24-4)19(12-15)25-5/h6-12,17,20H,13H2,1-5H3. The Morgan fingerprint density at radius 2 is 1.73 bits per heavy atom. The fourth-order valence-electron chi connectivity index (χ4n) is 2.71. The monoisotopic (exact) mass is 378 g/mol. The fraction of sp³-hybridized carbons (Fsp3) is 0.368. The summed E-state index contributed by atoms with van der Waals surface area (Å²) in [4.78, 5) is 2.22. The van der Waals surface area contributed by atoms with E-state index in [9.17, 15) is 8.42 Å². The topological polar surface area (TPSA) is 67.9 Å². The molecule has 1 atom stereocenters. The van der Waals surface area contributed by atoms with Crippen LogP contribution in [0.1, 0.15) is 17.2 Å². The lowest BCUT2D eigenvalue weighted by Gasteiger charge is -2.26. The lowest BCUT2D eigenvalue weighted by Crippen LogP contribution is -2.34. The van der Waals surface area contributed by atoms with Gasteiger partial charge in [-0.3, -0.25) is 0 Å². The first kappa shape index (κ1) is 20.2. The number of hydrogen-bond donors (Lipinski definition) is 1. The minimum Gasteiger partial charge on any atom is -0.493 e. The highest BCUT2D eigenvalue weighted by molar-refractivity contribution is 7.89. The molecule has 2 rings (SSSR count). The van der Waals surface area contributed by atoms with Crippen molar-refractivity contribution in [3.63, 3.8) is 0 Å². The number of nitrogens with one attached hydrogen (secondary N) is 1. The minimum absolute atomic E-state index is 0.158. The van der Waals surface area contributed by atoms with E-state index < -0.39 is 10.0 Å². The lowest BCUT2D eigenvalue weighted by molar-refractivity contribution is 0.297. The van der Waals surface area contributed by atoms with Gasteiger partial charge in [-0.25, -0.2) is 13.1 Å². The number of aryl methyl sites for hydroxylation is 1. The predicted octanol–water partition coefficient (Wildman–Crippen LogP) is 2.59. The lowest BCUT2D eigenvalue weighted by atomic mass is 10.1. The van der Waals surface area contributed by atoms with Crippen LogP contribution in [-0.2, 0) is 10.0 Å². The van der Waals surface area contributed by atoms with Crippen LogP contribution in [0, 0.1) is 6.92 Å². The molecule has 7 heteroatoms. The summed E-state index contributed by atoms with van der Waals surface area (Å²) < 4.78 is 38.5. The first-order valence-electron chi connectivity index (χ1n) is 8.23. The maximum atomic E-state index is 12.6. The van der Waals surface area contributed by atoms with Crippen LogP contribution in [-0.4, -0.2) is 48.2 Å². The van der Waals surface area contributed by atoms with Crippen LogP contribution in [0.2, 0.25) is 0 Å². The molecule has 2 aromatic carbocycles. The number of likely N-dealkylation sites (N-methyl/N-ethyl adjacent to an activating group) is 1. The van der Waals surface area contributed by atoms with Crippen molar-refractivity contribution in [3.05, 3.63) is 53.6 Å². The second-order valence-electron chi connectivity index (χ2n) is 6.26. The number of benzene rings is 2. The Bertz CT molecular complexity index is 850. The molecular formula is C19H26N2O4S. The molecule has 2 aromatic rings. The third kappa shape index (κ3) is 4.75. The summed E-state index contributed by atoms with van der Waals surface area (Å²) in [7, 11) is 3.39. The maximum absolute atomic E-state index is 12.6. The maximum Gasteiger partial charge on any atom is 0.240 e. The third-order valence-electron chi connectivity index (χ3n) is 4.18. The van der Waals surface area contributed by atoms with E-state index >= 15 is 0 Å². The van der Waals surface area contributed by atoms with Crippen LogP contribution < -0.4 is 14.2 Å². The van der Waals surface area contributed by atoms with Gasteiger partial charge >= 0.3 is 0 Å². The van der Waals surface area contributed by atoms with Crippen molar-refractivity contribution < 1.29 is 17.9 Å². The van der Waals surface area contributed by atoms with Gasteiger partial charge in [0.25, 0.3) is 0 Å². The largest absolute Gasteiger partial charge is 0.493 e. The quantitative estimate of drug-likeness (QED) is 0.765. The van der Waals surface area contributed by atoms with Gasteiger partial charge in [0.05, 0.1) is 19.1 Å². The van der Waals surface area contributed by atoms with E-state index in [1.807, 2.05) is 50.2 Å². The number of hydrogen-bond acceptors (Lipinski definition) is 5. The van der Waals surface area contributed by atoms with Crippen molar-refractivity contribution in [2.45, 2.75) is 17.9 Å². The normalized spacial score (nSPS) is 12.8. The summed E-state index contributed by atoms with van der Waals surface area (Å²) in [6.07, 6.45) is 0. The first-order valence-corrected chi connectivity index (χ1v) is 9.71. The first-order chi connectivity index (χ1) is 12.3. The smallest absolute Gasteiger partial charge is 0.240 e. The molecule has 6 nitrogen and oxygen atoms in total. The molecule has 0 aliphatic carbocycles. The molecule has 0 saturated heterocycles. The van der Waals surface area contributed by atoms with E-state index in [0.717, 1.165) is 11.1 Å². The molecule has 0 aromatic heterocycles. The van der Waals surface area contributed by atoms with Crippen LogP contribution in [0.15, 0.2) is 47.4 Å². The van der Waals surface area contributed by atoms with Crippen molar-refractivity contribution in [3.8, 4) is 11.5 Å². The van der Waals surface area contributed by atoms with Gasteiger partial charge in [0, 0.05) is 12.6 Å². The van der Waals surface area contributed by atoms with Crippen molar-refractivity contribution >= 4 is 10.0 Å². The van der Waals surface area contributed by atoms with Gasteiger partial charge in [-0.2, -0.15) is 0 Å². The van der Waals surface area contributed by atoms with Gasteiger partial charge in [0.15, 0.2) is 11.5 Å². The summed E-state index contributed by atoms with van der Waals surface area (Å²) in [6.45, 7) is 2.10. The number of methoxy groups -OCH3 is 2. The van der Waals surface area contributed by atoms with Gasteiger partial charge < -0.3 is 14.4 Å². The molecule has 0 aliphatic rings. The highest BCUT2D eigenvalue weighted by Crippen LogP contribution is 2.31. The molecule has 1 N–H and O–H groups in total. The Morgan fingerprint density at radius 1 is 1.04 bits per heavy atom. The zero-order valence-corrected chi connectivity index (χ0v) is 16.6. The number of ether oxygens (including phenoxy) is 2. The molecule has 0 fully saturated rings. The molecule has 0 aliphatic heterocycles. The highest BCUT2D eigenvalue weighted by Gasteiger charge is 2.21. The van der Waals surface area contributed by atoms with Gasteiger partial charge in [-0.15, -0.1) is 0 Å². The van der Waals surface area contributed by atoms with E-state index in [0.29, 0.717) is 11.5 Å². The zero-order chi connectivity index (χ0) is 19.3. The van der Waals surface area contributed by atoms with Gasteiger partial charge in [-0.1, -0.05) is 18.2 Å². The Labute approximate surface area is 155 Å². The van der Waals surface area contributed by atoms with Crippen LogP contribution in [0.5, 0.6) is 11.5 Å². The summed E-state index contributed by atoms with van der Waals surface area (Å²) in [5, 5.41) is 0. The molecule has 0 heterocycles. The Kier molecular flexibility index (Phi) is 6.63. The molecule has 0 spiro atoms. The molecule has 0 bridgehead atoms. The van der Waals surface area contributed by atoms with E-state index in [1.165, 1.54) is 0 Å². The predicted molar refractivity (Wildman–Crippen MR) is 102 cm³/mol. The van der Waals surface area contributed by atoms with Crippen LogP contribution in [0.3, 0.4) is 0 Å². The molecule has 0 saturated carbocycles.